The zero-order chi connectivity index (χ0) is 20.6. The van der Waals surface area contributed by atoms with E-state index < -0.39 is 0 Å². The Morgan fingerprint density at radius 3 is 2.41 bits per heavy atom. The number of thiophene rings is 1. The van der Waals surface area contributed by atoms with Gasteiger partial charge in [0.2, 0.25) is 0 Å². The maximum atomic E-state index is 12.3. The van der Waals surface area contributed by atoms with Crippen LogP contribution in [0.3, 0.4) is 0 Å². The Labute approximate surface area is 173 Å². The first-order chi connectivity index (χ1) is 14.0. The fourth-order valence-electron chi connectivity index (χ4n) is 2.78. The number of aryl methyl sites for hydroxylation is 1. The number of benzene rings is 2. The first-order valence-corrected chi connectivity index (χ1v) is 10.2. The van der Waals surface area contributed by atoms with Crippen LogP contribution in [0.4, 0.5) is 16.2 Å². The molecule has 29 heavy (non-hydrogen) atoms. The molecule has 0 aliphatic rings. The number of amides is 3. The molecule has 0 aliphatic carbocycles. The second kappa shape index (κ2) is 9.75. The van der Waals surface area contributed by atoms with Gasteiger partial charge in [0.25, 0.3) is 5.91 Å². The van der Waals surface area contributed by atoms with E-state index in [9.17, 15) is 14.7 Å². The van der Waals surface area contributed by atoms with Crippen LogP contribution in [0.5, 0.6) is 5.75 Å². The van der Waals surface area contributed by atoms with Crippen molar-refractivity contribution < 1.29 is 14.7 Å². The van der Waals surface area contributed by atoms with Gasteiger partial charge in [-0.3, -0.25) is 4.79 Å². The minimum absolute atomic E-state index is 0.0227. The molecule has 1 heterocycles. The molecule has 0 aliphatic heterocycles. The zero-order valence-corrected chi connectivity index (χ0v) is 16.8. The summed E-state index contributed by atoms with van der Waals surface area (Å²) in [4.78, 5) is 25.0. The fourth-order valence-corrected chi connectivity index (χ4v) is 3.40. The van der Waals surface area contributed by atoms with Gasteiger partial charge in [-0.25, -0.2) is 4.79 Å². The number of carbonyl (C=O) groups excluding carboxylic acids is 2. The minimum Gasteiger partial charge on any atom is -0.508 e. The Morgan fingerprint density at radius 2 is 1.72 bits per heavy atom. The van der Waals surface area contributed by atoms with Crippen LogP contribution in [0.15, 0.2) is 66.0 Å². The van der Waals surface area contributed by atoms with Gasteiger partial charge in [0, 0.05) is 17.4 Å². The molecule has 1 atom stereocenters. The number of hydrogen-bond acceptors (Lipinski definition) is 4. The molecule has 0 bridgehead atoms. The summed E-state index contributed by atoms with van der Waals surface area (Å²) >= 11 is 1.37. The van der Waals surface area contributed by atoms with Crippen molar-refractivity contribution in [3.63, 3.8) is 0 Å². The normalized spacial score (nSPS) is 11.5. The molecule has 150 valence electrons. The second-order valence-corrected chi connectivity index (χ2v) is 7.66. The van der Waals surface area contributed by atoms with E-state index in [0.29, 0.717) is 16.3 Å². The Bertz CT molecular complexity index is 956. The lowest BCUT2D eigenvalue weighted by molar-refractivity contribution is 0.103. The quantitative estimate of drug-likeness (QED) is 0.450. The summed E-state index contributed by atoms with van der Waals surface area (Å²) in [6.07, 6.45) is 1.57. The molecule has 0 fully saturated rings. The topological polar surface area (TPSA) is 90.5 Å². The molecular weight excluding hydrogens is 386 g/mol. The molecule has 0 saturated heterocycles. The average Bonchev–Trinajstić information content (AvgIpc) is 3.23. The van der Waals surface area contributed by atoms with Gasteiger partial charge in [0.05, 0.1) is 4.88 Å². The zero-order valence-electron chi connectivity index (χ0n) is 16.0. The van der Waals surface area contributed by atoms with Crippen LogP contribution in [0.2, 0.25) is 0 Å². The lowest BCUT2D eigenvalue weighted by Gasteiger charge is -2.15. The molecule has 4 N–H and O–H groups in total. The number of anilines is 2. The van der Waals surface area contributed by atoms with E-state index in [0.717, 1.165) is 18.4 Å². The Balaban J connectivity index is 1.48. The van der Waals surface area contributed by atoms with Crippen LogP contribution in [0.25, 0.3) is 0 Å². The van der Waals surface area contributed by atoms with Gasteiger partial charge >= 0.3 is 6.03 Å². The predicted octanol–water partition coefficient (Wildman–Crippen LogP) is 4.85. The van der Waals surface area contributed by atoms with Gasteiger partial charge in [0.15, 0.2) is 0 Å². The number of aromatic hydroxyl groups is 1. The van der Waals surface area contributed by atoms with E-state index in [2.05, 4.69) is 16.0 Å². The molecule has 0 unspecified atom stereocenters. The summed E-state index contributed by atoms with van der Waals surface area (Å²) in [7, 11) is 0. The summed E-state index contributed by atoms with van der Waals surface area (Å²) in [5.74, 6) is 0.0672. The molecule has 0 saturated carbocycles. The van der Waals surface area contributed by atoms with E-state index in [1.54, 1.807) is 42.5 Å². The van der Waals surface area contributed by atoms with Crippen molar-refractivity contribution in [1.82, 2.24) is 5.32 Å². The van der Waals surface area contributed by atoms with Crippen LogP contribution in [-0.2, 0) is 6.42 Å². The number of carbonyl (C=O) groups is 2. The van der Waals surface area contributed by atoms with E-state index in [-0.39, 0.29) is 23.7 Å². The van der Waals surface area contributed by atoms with Crippen molar-refractivity contribution in [2.45, 2.75) is 25.8 Å². The first kappa shape index (κ1) is 20.4. The Kier molecular flexibility index (Phi) is 6.86. The molecule has 3 rings (SSSR count). The number of hydrogen-bond donors (Lipinski definition) is 4. The summed E-state index contributed by atoms with van der Waals surface area (Å²) < 4.78 is 0. The lowest BCUT2D eigenvalue weighted by atomic mass is 10.1. The number of phenols is 1. The highest BCUT2D eigenvalue weighted by Gasteiger charge is 2.10. The van der Waals surface area contributed by atoms with Crippen molar-refractivity contribution in [2.75, 3.05) is 10.6 Å². The van der Waals surface area contributed by atoms with Crippen molar-refractivity contribution in [1.29, 1.82) is 0 Å². The molecule has 1 aromatic heterocycles. The number of urea groups is 1. The summed E-state index contributed by atoms with van der Waals surface area (Å²) in [5.41, 5.74) is 2.31. The van der Waals surface area contributed by atoms with E-state index in [4.69, 9.17) is 0 Å². The van der Waals surface area contributed by atoms with Crippen LogP contribution in [0, 0.1) is 0 Å². The summed E-state index contributed by atoms with van der Waals surface area (Å²) in [5, 5.41) is 19.7. The third kappa shape index (κ3) is 6.36. The highest BCUT2D eigenvalue weighted by Crippen LogP contribution is 2.18. The van der Waals surface area contributed by atoms with Crippen molar-refractivity contribution in [2.24, 2.45) is 0 Å². The van der Waals surface area contributed by atoms with Crippen LogP contribution in [0.1, 0.15) is 28.6 Å². The van der Waals surface area contributed by atoms with E-state index in [1.165, 1.54) is 11.3 Å². The standard InChI is InChI=1S/C22H23N3O3S/c1-15(7-8-16-9-11-19(26)12-10-16)23-22(28)25-18-5-2-4-17(14-18)24-21(27)20-6-3-13-29-20/h2-6,9-15,26H,7-8H2,1H3,(H,24,27)(H2,23,25,28)/t15-/m1/s1. The third-order valence-electron chi connectivity index (χ3n) is 4.30. The second-order valence-electron chi connectivity index (χ2n) is 6.72. The number of rotatable bonds is 7. The highest BCUT2D eigenvalue weighted by atomic mass is 32.1. The van der Waals surface area contributed by atoms with Crippen LogP contribution in [-0.4, -0.2) is 23.1 Å². The van der Waals surface area contributed by atoms with E-state index in [1.807, 2.05) is 30.5 Å². The van der Waals surface area contributed by atoms with Crippen LogP contribution >= 0.6 is 11.3 Å². The Hall–Kier alpha value is -3.32. The molecule has 0 radical (unpaired) electrons. The van der Waals surface area contributed by atoms with Crippen molar-refractivity contribution >= 4 is 34.6 Å². The van der Waals surface area contributed by atoms with Crippen molar-refractivity contribution in [3.8, 4) is 5.75 Å². The van der Waals surface area contributed by atoms with Gasteiger partial charge in [0.1, 0.15) is 5.75 Å². The molecule has 3 aromatic rings. The van der Waals surface area contributed by atoms with Gasteiger partial charge in [-0.05, 0) is 67.1 Å². The monoisotopic (exact) mass is 409 g/mol. The lowest BCUT2D eigenvalue weighted by Crippen LogP contribution is -2.36. The number of phenolic OH excluding ortho intramolecular Hbond substituents is 1. The minimum atomic E-state index is -0.301. The smallest absolute Gasteiger partial charge is 0.319 e. The maximum Gasteiger partial charge on any atom is 0.319 e. The molecular formula is C22H23N3O3S. The largest absolute Gasteiger partial charge is 0.508 e. The highest BCUT2D eigenvalue weighted by molar-refractivity contribution is 7.12. The number of nitrogens with one attached hydrogen (secondary N) is 3. The third-order valence-corrected chi connectivity index (χ3v) is 5.17. The van der Waals surface area contributed by atoms with E-state index >= 15 is 0 Å². The predicted molar refractivity (Wildman–Crippen MR) is 117 cm³/mol. The average molecular weight is 410 g/mol. The van der Waals surface area contributed by atoms with Gasteiger partial charge < -0.3 is 21.1 Å². The van der Waals surface area contributed by atoms with Gasteiger partial charge in [-0.1, -0.05) is 24.3 Å². The SMILES string of the molecule is C[C@H](CCc1ccc(O)cc1)NC(=O)Nc1cccc(NC(=O)c2cccs2)c1. The maximum absolute atomic E-state index is 12.3. The van der Waals surface area contributed by atoms with Crippen molar-refractivity contribution in [3.05, 3.63) is 76.5 Å². The molecule has 3 amide bonds. The van der Waals surface area contributed by atoms with Crippen LogP contribution < -0.4 is 16.0 Å². The summed E-state index contributed by atoms with van der Waals surface area (Å²) in [6, 6.07) is 17.3. The molecule has 2 aromatic carbocycles. The molecule has 0 spiro atoms. The fraction of sp³-hybridized carbons (Fsp3) is 0.182. The molecule has 7 heteroatoms. The van der Waals surface area contributed by atoms with Gasteiger partial charge in [-0.15, -0.1) is 11.3 Å². The molecule has 6 nitrogen and oxygen atoms in total. The Morgan fingerprint density at radius 1 is 1.00 bits per heavy atom. The first-order valence-electron chi connectivity index (χ1n) is 9.30. The summed E-state index contributed by atoms with van der Waals surface area (Å²) in [6.45, 7) is 1.94. The van der Waals surface area contributed by atoms with Gasteiger partial charge in [-0.2, -0.15) is 0 Å².